The van der Waals surface area contributed by atoms with Gasteiger partial charge in [0.1, 0.15) is 0 Å². The van der Waals surface area contributed by atoms with E-state index in [-0.39, 0.29) is 18.9 Å². The van der Waals surface area contributed by atoms with Crippen molar-refractivity contribution in [3.8, 4) is 5.69 Å². The van der Waals surface area contributed by atoms with Crippen LogP contribution in [0.25, 0.3) is 5.69 Å². The Balaban J connectivity index is 1.71. The fourth-order valence-corrected chi connectivity index (χ4v) is 4.10. The molecule has 148 valence electrons. The lowest BCUT2D eigenvalue weighted by molar-refractivity contribution is -0.139. The van der Waals surface area contributed by atoms with E-state index in [2.05, 4.69) is 0 Å². The number of hydrogen-bond acceptors (Lipinski definition) is 4. The summed E-state index contributed by atoms with van der Waals surface area (Å²) in [4.78, 5) is 26.2. The molecule has 2 heterocycles. The van der Waals surface area contributed by atoms with Crippen LogP contribution in [-0.4, -0.2) is 57.5 Å². The molecule has 0 bridgehead atoms. The molecule has 0 spiro atoms. The van der Waals surface area contributed by atoms with Gasteiger partial charge in [-0.25, -0.2) is 4.68 Å². The molecule has 1 aromatic carbocycles. The maximum atomic E-state index is 13.4. The largest absolute Gasteiger partial charge is 0.481 e. The number of carboxylic acids is 1. The molecule has 1 fully saturated rings. The number of rotatable bonds is 4. The topological polar surface area (TPSA) is 84.7 Å². The van der Waals surface area contributed by atoms with Crippen molar-refractivity contribution in [2.24, 2.45) is 0 Å². The zero-order chi connectivity index (χ0) is 19.7. The number of carbonyl (C=O) groups excluding carboxylic acids is 1. The van der Waals surface area contributed by atoms with Crippen LogP contribution in [0.15, 0.2) is 24.3 Å². The van der Waals surface area contributed by atoms with Crippen LogP contribution in [0.1, 0.15) is 46.6 Å². The van der Waals surface area contributed by atoms with E-state index in [0.717, 1.165) is 42.6 Å². The molecule has 4 rings (SSSR count). The Morgan fingerprint density at radius 2 is 1.96 bits per heavy atom. The van der Waals surface area contributed by atoms with Crippen LogP contribution in [0.4, 0.5) is 0 Å². The summed E-state index contributed by atoms with van der Waals surface area (Å²) in [5.41, 5.74) is 4.70. The number of benzene rings is 1. The molecule has 0 radical (unpaired) electrons. The first kappa shape index (κ1) is 18.7. The van der Waals surface area contributed by atoms with Crippen LogP contribution in [0, 0.1) is 6.92 Å². The van der Waals surface area contributed by atoms with E-state index in [9.17, 15) is 14.7 Å². The van der Waals surface area contributed by atoms with Crippen LogP contribution in [0.3, 0.4) is 0 Å². The third-order valence-corrected chi connectivity index (χ3v) is 5.56. The first-order chi connectivity index (χ1) is 13.5. The molecule has 1 saturated heterocycles. The lowest BCUT2D eigenvalue weighted by atomic mass is 9.95. The Morgan fingerprint density at radius 3 is 2.71 bits per heavy atom. The highest BCUT2D eigenvalue weighted by Gasteiger charge is 2.34. The Morgan fingerprint density at radius 1 is 1.21 bits per heavy atom. The molecular weight excluding hydrogens is 358 g/mol. The number of amides is 1. The second-order valence-electron chi connectivity index (χ2n) is 7.55. The Kier molecular flexibility index (Phi) is 5.17. The molecule has 2 aliphatic rings. The average molecular weight is 383 g/mol. The normalized spacial score (nSPS) is 19.3. The van der Waals surface area contributed by atoms with Crippen molar-refractivity contribution in [1.29, 1.82) is 0 Å². The van der Waals surface area contributed by atoms with Gasteiger partial charge in [-0.15, -0.1) is 0 Å². The molecule has 1 aliphatic heterocycles. The van der Waals surface area contributed by atoms with Crippen LogP contribution in [0.2, 0.25) is 0 Å². The molecule has 1 unspecified atom stereocenters. The van der Waals surface area contributed by atoms with Crippen molar-refractivity contribution in [2.45, 2.75) is 45.1 Å². The molecule has 1 amide bonds. The minimum atomic E-state index is -0.930. The summed E-state index contributed by atoms with van der Waals surface area (Å²) in [5.74, 6) is -1.11. The van der Waals surface area contributed by atoms with Crippen molar-refractivity contribution in [1.82, 2.24) is 14.7 Å². The number of aromatic nitrogens is 2. The number of aryl methyl sites for hydroxylation is 1. The predicted octanol–water partition coefficient (Wildman–Crippen LogP) is 2.38. The molecule has 7 heteroatoms. The lowest BCUT2D eigenvalue weighted by Gasteiger charge is -2.34. The van der Waals surface area contributed by atoms with E-state index >= 15 is 0 Å². The van der Waals surface area contributed by atoms with Gasteiger partial charge < -0.3 is 14.7 Å². The van der Waals surface area contributed by atoms with E-state index in [4.69, 9.17) is 9.84 Å². The van der Waals surface area contributed by atoms with Crippen molar-refractivity contribution in [3.63, 3.8) is 0 Å². The molecule has 1 aromatic heterocycles. The van der Waals surface area contributed by atoms with Gasteiger partial charge in [0.05, 0.1) is 31.4 Å². The van der Waals surface area contributed by atoms with Gasteiger partial charge in [0, 0.05) is 17.8 Å². The number of ether oxygens (including phenoxy) is 1. The third kappa shape index (κ3) is 3.54. The molecule has 0 saturated carbocycles. The fourth-order valence-electron chi connectivity index (χ4n) is 4.10. The Bertz CT molecular complexity index is 888. The summed E-state index contributed by atoms with van der Waals surface area (Å²) in [6.45, 7) is 3.10. The maximum absolute atomic E-state index is 13.4. The van der Waals surface area contributed by atoms with Crippen LogP contribution < -0.4 is 0 Å². The second kappa shape index (κ2) is 7.75. The molecule has 7 nitrogen and oxygen atoms in total. The van der Waals surface area contributed by atoms with E-state index in [0.29, 0.717) is 18.8 Å². The summed E-state index contributed by atoms with van der Waals surface area (Å²) >= 11 is 0. The summed E-state index contributed by atoms with van der Waals surface area (Å²) in [5, 5.41) is 13.9. The van der Waals surface area contributed by atoms with E-state index in [1.807, 2.05) is 35.9 Å². The first-order valence-corrected chi connectivity index (χ1v) is 9.83. The van der Waals surface area contributed by atoms with Gasteiger partial charge in [0.2, 0.25) is 0 Å². The molecule has 1 atom stereocenters. The van der Waals surface area contributed by atoms with Crippen molar-refractivity contribution in [3.05, 3.63) is 46.8 Å². The molecule has 28 heavy (non-hydrogen) atoms. The highest BCUT2D eigenvalue weighted by molar-refractivity contribution is 5.94. The van der Waals surface area contributed by atoms with Crippen LogP contribution in [-0.2, 0) is 22.4 Å². The lowest BCUT2D eigenvalue weighted by Crippen LogP contribution is -2.49. The van der Waals surface area contributed by atoms with Crippen LogP contribution in [0.5, 0.6) is 0 Å². The first-order valence-electron chi connectivity index (χ1n) is 9.83. The zero-order valence-electron chi connectivity index (χ0n) is 16.1. The Hall–Kier alpha value is -2.67. The number of fused-ring (bicyclic) bond motifs is 1. The van der Waals surface area contributed by atoms with Gasteiger partial charge in [0.15, 0.2) is 5.69 Å². The number of hydrogen-bond donors (Lipinski definition) is 1. The van der Waals surface area contributed by atoms with Gasteiger partial charge in [-0.1, -0.05) is 17.7 Å². The second-order valence-corrected chi connectivity index (χ2v) is 7.55. The molecule has 2 aromatic rings. The Labute approximate surface area is 163 Å². The van der Waals surface area contributed by atoms with E-state index in [1.165, 1.54) is 5.56 Å². The van der Waals surface area contributed by atoms with Crippen LogP contribution >= 0.6 is 0 Å². The predicted molar refractivity (Wildman–Crippen MR) is 103 cm³/mol. The molecular formula is C21H25N3O4. The van der Waals surface area contributed by atoms with E-state index in [1.54, 1.807) is 4.90 Å². The van der Waals surface area contributed by atoms with Gasteiger partial charge in [-0.2, -0.15) is 5.10 Å². The number of aliphatic carboxylic acids is 1. The SMILES string of the molecule is Cc1ccc(-n2nc(C(=O)N3CCOCC3CC(=O)O)c3c2CCCC3)cc1. The maximum Gasteiger partial charge on any atom is 0.305 e. The highest BCUT2D eigenvalue weighted by Crippen LogP contribution is 2.29. The third-order valence-electron chi connectivity index (χ3n) is 5.56. The molecule has 1 N–H and O–H groups in total. The van der Waals surface area contributed by atoms with Gasteiger partial charge in [0.25, 0.3) is 5.91 Å². The van der Waals surface area contributed by atoms with Crippen molar-refractivity contribution < 1.29 is 19.4 Å². The standard InChI is InChI=1S/C21H25N3O4/c1-14-6-8-15(9-7-14)24-18-5-3-2-4-17(18)20(22-24)21(27)23-10-11-28-13-16(23)12-19(25)26/h6-9,16H,2-5,10-13H2,1H3,(H,25,26). The summed E-state index contributed by atoms with van der Waals surface area (Å²) in [7, 11) is 0. The van der Waals surface area contributed by atoms with E-state index < -0.39 is 12.0 Å². The van der Waals surface area contributed by atoms with Gasteiger partial charge in [-0.3, -0.25) is 9.59 Å². The minimum Gasteiger partial charge on any atom is -0.481 e. The number of nitrogens with zero attached hydrogens (tertiary/aromatic N) is 3. The van der Waals surface area contributed by atoms with Crippen molar-refractivity contribution >= 4 is 11.9 Å². The van der Waals surface area contributed by atoms with Crippen molar-refractivity contribution in [2.75, 3.05) is 19.8 Å². The number of morpholine rings is 1. The summed E-state index contributed by atoms with van der Waals surface area (Å²) in [6, 6.07) is 7.67. The summed E-state index contributed by atoms with van der Waals surface area (Å²) < 4.78 is 7.31. The zero-order valence-corrected chi connectivity index (χ0v) is 16.1. The highest BCUT2D eigenvalue weighted by atomic mass is 16.5. The quantitative estimate of drug-likeness (QED) is 0.876. The minimum absolute atomic E-state index is 0.118. The van der Waals surface area contributed by atoms with Gasteiger partial charge >= 0.3 is 5.97 Å². The number of carbonyl (C=O) groups is 2. The van der Waals surface area contributed by atoms with Gasteiger partial charge in [-0.05, 0) is 44.7 Å². The average Bonchev–Trinajstić information content (AvgIpc) is 3.08. The molecule has 1 aliphatic carbocycles. The monoisotopic (exact) mass is 383 g/mol. The smallest absolute Gasteiger partial charge is 0.305 e. The fraction of sp³-hybridized carbons (Fsp3) is 0.476. The summed E-state index contributed by atoms with van der Waals surface area (Å²) in [6.07, 6.45) is 3.72. The number of carboxylic acid groups (broad SMARTS) is 1.